The first-order chi connectivity index (χ1) is 12.5. The number of Topliss-reactive ketones (excluding diaryl/α,β-unsaturated/α-hetero) is 2. The van der Waals surface area contributed by atoms with Gasteiger partial charge >= 0.3 is 0 Å². The Morgan fingerprint density at radius 1 is 0.962 bits per heavy atom. The molecule has 6 nitrogen and oxygen atoms in total. The third kappa shape index (κ3) is 1.94. The number of phenolic OH excluding ortho intramolecular Hbond substituents is 2. The monoisotopic (exact) mass is 352 g/mol. The summed E-state index contributed by atoms with van der Waals surface area (Å²) in [5.74, 6) is -0.863. The molecule has 26 heavy (non-hydrogen) atoms. The Bertz CT molecular complexity index is 979. The van der Waals surface area contributed by atoms with Crippen LogP contribution in [0.4, 0.5) is 0 Å². The summed E-state index contributed by atoms with van der Waals surface area (Å²) >= 11 is 0. The fourth-order valence-electron chi connectivity index (χ4n) is 4.40. The quantitative estimate of drug-likeness (QED) is 0.679. The van der Waals surface area contributed by atoms with Gasteiger partial charge in [-0.3, -0.25) is 9.59 Å². The fourth-order valence-corrected chi connectivity index (χ4v) is 4.40. The first-order valence-corrected chi connectivity index (χ1v) is 8.57. The van der Waals surface area contributed by atoms with Crippen molar-refractivity contribution >= 4 is 11.6 Å². The predicted molar refractivity (Wildman–Crippen MR) is 89.6 cm³/mol. The molecule has 1 aliphatic heterocycles. The topological polar surface area (TPSA) is 107 Å². The summed E-state index contributed by atoms with van der Waals surface area (Å²) in [6, 6.07) is 8.05. The van der Waals surface area contributed by atoms with E-state index in [9.17, 15) is 24.9 Å². The zero-order chi connectivity index (χ0) is 18.2. The van der Waals surface area contributed by atoms with Gasteiger partial charge in [-0.2, -0.15) is 0 Å². The SMILES string of the molecule is O=C1CCC(c2ccc(O)c3c2C(=O)C2OC2C3O)c2cccc(O)c21. The standard InChI is InChI=1S/C20H16O6/c21-11-3-1-2-9-8(4-6-12(22)14(9)11)10-5-7-13(23)16-15(10)17(24)19-20(26-19)18(16)25/h1-3,5,7-8,18-21,23,25H,4,6H2. The second-order valence-corrected chi connectivity index (χ2v) is 7.05. The number of hydrogen-bond acceptors (Lipinski definition) is 6. The Hall–Kier alpha value is -2.70. The maximum absolute atomic E-state index is 12.8. The highest BCUT2D eigenvalue weighted by atomic mass is 16.6. The molecule has 1 heterocycles. The second kappa shape index (κ2) is 5.16. The minimum absolute atomic E-state index is 0.0678. The smallest absolute Gasteiger partial charge is 0.195 e. The highest BCUT2D eigenvalue weighted by Crippen LogP contribution is 2.50. The van der Waals surface area contributed by atoms with Crippen LogP contribution in [-0.2, 0) is 4.74 Å². The molecule has 1 fully saturated rings. The largest absolute Gasteiger partial charge is 0.508 e. The maximum Gasteiger partial charge on any atom is 0.195 e. The molecule has 2 aromatic carbocycles. The minimum atomic E-state index is -1.05. The highest BCUT2D eigenvalue weighted by Gasteiger charge is 2.56. The van der Waals surface area contributed by atoms with Crippen LogP contribution >= 0.6 is 0 Å². The van der Waals surface area contributed by atoms with E-state index in [1.165, 1.54) is 12.1 Å². The Morgan fingerprint density at radius 3 is 2.54 bits per heavy atom. The molecule has 3 aliphatic rings. The number of fused-ring (bicyclic) bond motifs is 3. The second-order valence-electron chi connectivity index (χ2n) is 7.05. The summed E-state index contributed by atoms with van der Waals surface area (Å²) in [6.07, 6.45) is -1.58. The summed E-state index contributed by atoms with van der Waals surface area (Å²) in [6.45, 7) is 0. The number of aromatic hydroxyl groups is 2. The summed E-state index contributed by atoms with van der Waals surface area (Å²) in [5.41, 5.74) is 2.08. The van der Waals surface area contributed by atoms with Gasteiger partial charge in [0.15, 0.2) is 11.6 Å². The number of hydrogen-bond donors (Lipinski definition) is 3. The zero-order valence-electron chi connectivity index (χ0n) is 13.7. The van der Waals surface area contributed by atoms with Crippen molar-refractivity contribution < 1.29 is 29.6 Å². The van der Waals surface area contributed by atoms with Gasteiger partial charge in [-0.25, -0.2) is 0 Å². The summed E-state index contributed by atoms with van der Waals surface area (Å²) in [7, 11) is 0. The number of ketones is 2. The van der Waals surface area contributed by atoms with Crippen molar-refractivity contribution in [3.63, 3.8) is 0 Å². The van der Waals surface area contributed by atoms with Gasteiger partial charge in [0.2, 0.25) is 0 Å². The number of ether oxygens (including phenoxy) is 1. The first kappa shape index (κ1) is 15.5. The highest BCUT2D eigenvalue weighted by molar-refractivity contribution is 6.07. The van der Waals surface area contributed by atoms with Crippen LogP contribution in [-0.4, -0.2) is 39.1 Å². The lowest BCUT2D eigenvalue weighted by molar-refractivity contribution is 0.0937. The average Bonchev–Trinajstić information content (AvgIpc) is 3.42. The molecule has 0 amide bonds. The van der Waals surface area contributed by atoms with Gasteiger partial charge in [0.25, 0.3) is 0 Å². The molecule has 2 aliphatic carbocycles. The molecule has 0 bridgehead atoms. The van der Waals surface area contributed by atoms with Crippen molar-refractivity contribution in [3.05, 3.63) is 58.1 Å². The summed E-state index contributed by atoms with van der Waals surface area (Å²) < 4.78 is 5.28. The number of aliphatic hydroxyl groups excluding tert-OH is 1. The Morgan fingerprint density at radius 2 is 1.73 bits per heavy atom. The van der Waals surface area contributed by atoms with Crippen molar-refractivity contribution in [2.45, 2.75) is 37.1 Å². The molecule has 5 rings (SSSR count). The molecule has 0 aromatic heterocycles. The Balaban J connectivity index is 1.74. The van der Waals surface area contributed by atoms with Crippen LogP contribution in [0.15, 0.2) is 30.3 Å². The van der Waals surface area contributed by atoms with Crippen LogP contribution in [0.1, 0.15) is 62.3 Å². The number of carbonyl (C=O) groups is 2. The third-order valence-corrected chi connectivity index (χ3v) is 5.66. The van der Waals surface area contributed by atoms with Crippen molar-refractivity contribution in [2.24, 2.45) is 0 Å². The van der Waals surface area contributed by atoms with E-state index in [2.05, 4.69) is 0 Å². The molecule has 3 N–H and O–H groups in total. The molecule has 6 heteroatoms. The number of phenols is 2. The molecule has 0 radical (unpaired) electrons. The maximum atomic E-state index is 12.8. The Kier molecular flexibility index (Phi) is 3.08. The zero-order valence-corrected chi connectivity index (χ0v) is 13.7. The van der Waals surface area contributed by atoms with Crippen LogP contribution in [0.5, 0.6) is 11.5 Å². The van der Waals surface area contributed by atoms with Gasteiger partial charge in [-0.05, 0) is 29.7 Å². The van der Waals surface area contributed by atoms with Gasteiger partial charge in [-0.15, -0.1) is 0 Å². The van der Waals surface area contributed by atoms with Gasteiger partial charge in [0.1, 0.15) is 29.8 Å². The number of rotatable bonds is 1. The number of carbonyl (C=O) groups excluding carboxylic acids is 2. The van der Waals surface area contributed by atoms with Gasteiger partial charge in [-0.1, -0.05) is 18.2 Å². The molecule has 0 saturated carbocycles. The molecule has 4 unspecified atom stereocenters. The van der Waals surface area contributed by atoms with Crippen LogP contribution in [0, 0.1) is 0 Å². The van der Waals surface area contributed by atoms with E-state index >= 15 is 0 Å². The minimum Gasteiger partial charge on any atom is -0.508 e. The number of epoxide rings is 1. The molecule has 1 saturated heterocycles. The Labute approximate surface area is 148 Å². The van der Waals surface area contributed by atoms with Gasteiger partial charge in [0.05, 0.1) is 5.56 Å². The van der Waals surface area contributed by atoms with Crippen molar-refractivity contribution in [3.8, 4) is 11.5 Å². The van der Waals surface area contributed by atoms with Crippen molar-refractivity contribution in [1.29, 1.82) is 0 Å². The van der Waals surface area contributed by atoms with Gasteiger partial charge in [0, 0.05) is 23.5 Å². The lowest BCUT2D eigenvalue weighted by Crippen LogP contribution is -2.28. The normalized spacial score (nSPS) is 29.0. The van der Waals surface area contributed by atoms with E-state index in [0.717, 1.165) is 0 Å². The van der Waals surface area contributed by atoms with Crippen LogP contribution in [0.3, 0.4) is 0 Å². The molecule has 2 aromatic rings. The van der Waals surface area contributed by atoms with E-state index in [1.807, 2.05) is 0 Å². The van der Waals surface area contributed by atoms with Crippen LogP contribution < -0.4 is 0 Å². The van der Waals surface area contributed by atoms with Crippen LogP contribution in [0.2, 0.25) is 0 Å². The average molecular weight is 352 g/mol. The molecule has 4 atom stereocenters. The van der Waals surface area contributed by atoms with Crippen LogP contribution in [0.25, 0.3) is 0 Å². The molecule has 0 spiro atoms. The van der Waals surface area contributed by atoms with E-state index in [0.29, 0.717) is 17.5 Å². The van der Waals surface area contributed by atoms with E-state index in [1.54, 1.807) is 18.2 Å². The lowest BCUT2D eigenvalue weighted by Gasteiger charge is -2.29. The van der Waals surface area contributed by atoms with E-state index in [-0.39, 0.29) is 52.1 Å². The van der Waals surface area contributed by atoms with E-state index in [4.69, 9.17) is 4.74 Å². The number of benzene rings is 2. The molecular formula is C20H16O6. The van der Waals surface area contributed by atoms with Crippen molar-refractivity contribution in [2.75, 3.05) is 0 Å². The summed E-state index contributed by atoms with van der Waals surface area (Å²) in [4.78, 5) is 25.1. The first-order valence-electron chi connectivity index (χ1n) is 8.57. The van der Waals surface area contributed by atoms with Gasteiger partial charge < -0.3 is 20.1 Å². The van der Waals surface area contributed by atoms with Crippen molar-refractivity contribution in [1.82, 2.24) is 0 Å². The van der Waals surface area contributed by atoms with E-state index < -0.39 is 18.3 Å². The molecule has 132 valence electrons. The fraction of sp³-hybridized carbons (Fsp3) is 0.300. The lowest BCUT2D eigenvalue weighted by atomic mass is 9.73. The molecular weight excluding hydrogens is 336 g/mol. The summed E-state index contributed by atoms with van der Waals surface area (Å²) in [5, 5.41) is 30.8. The third-order valence-electron chi connectivity index (χ3n) is 5.66. The number of aliphatic hydroxyl groups is 1. The predicted octanol–water partition coefficient (Wildman–Crippen LogP) is 2.20.